The highest BCUT2D eigenvalue weighted by Crippen LogP contribution is 2.07. The largest absolute Gasteiger partial charge is 0.350 e. The summed E-state index contributed by atoms with van der Waals surface area (Å²) in [6, 6.07) is 0. The Hall–Kier alpha value is 0.571. The Kier molecular flexibility index (Phi) is 5.05. The molecule has 14 heavy (non-hydrogen) atoms. The predicted molar refractivity (Wildman–Crippen MR) is 69.3 cm³/mol. The highest BCUT2D eigenvalue weighted by Gasteiger charge is 2.27. The Balaban J connectivity index is 2.24. The van der Waals surface area contributed by atoms with E-state index in [9.17, 15) is 0 Å². The summed E-state index contributed by atoms with van der Waals surface area (Å²) in [6.07, 6.45) is 4.26. The van der Waals surface area contributed by atoms with E-state index in [0.717, 1.165) is 9.84 Å². The maximum atomic E-state index is 3.87. The predicted octanol–water partition coefficient (Wildman–Crippen LogP) is 1.63. The third-order valence-corrected chi connectivity index (χ3v) is 18.0. The number of nitrogens with zero attached hydrogens (tertiary/aromatic N) is 1. The van der Waals surface area contributed by atoms with Gasteiger partial charge in [0.05, 0.1) is 8.31 Å². The van der Waals surface area contributed by atoms with E-state index in [0.29, 0.717) is 0 Å². The summed E-state index contributed by atoms with van der Waals surface area (Å²) in [7, 11) is -0.249. The summed E-state index contributed by atoms with van der Waals surface area (Å²) in [4.78, 5) is 0. The van der Waals surface area contributed by atoms with Crippen LogP contribution in [0.1, 0.15) is 19.3 Å². The van der Waals surface area contributed by atoms with Crippen molar-refractivity contribution in [1.29, 1.82) is 0 Å². The molecule has 0 spiro atoms. The van der Waals surface area contributed by atoms with Crippen LogP contribution in [0.25, 0.3) is 0 Å². The lowest BCUT2D eigenvalue weighted by molar-refractivity contribution is 0.358. The molecular weight excluding hydrogens is 220 g/mol. The number of piperidine rings is 1. The van der Waals surface area contributed by atoms with Crippen LogP contribution in [0.15, 0.2) is 0 Å². The van der Waals surface area contributed by atoms with Crippen molar-refractivity contribution in [3.63, 3.8) is 0 Å². The van der Waals surface area contributed by atoms with Crippen LogP contribution in [0, 0.1) is 0 Å². The van der Waals surface area contributed by atoms with Gasteiger partial charge < -0.3 is 9.21 Å². The van der Waals surface area contributed by atoms with Crippen molar-refractivity contribution in [2.75, 3.05) is 13.1 Å². The van der Waals surface area contributed by atoms with Crippen LogP contribution in [-0.4, -0.2) is 43.6 Å². The van der Waals surface area contributed by atoms with Crippen molar-refractivity contribution in [1.82, 2.24) is 9.21 Å². The maximum Gasteiger partial charge on any atom is 0.240 e. The van der Waals surface area contributed by atoms with Gasteiger partial charge in [-0.2, -0.15) is 0 Å². The molecule has 0 unspecified atom stereocenters. The van der Waals surface area contributed by atoms with Crippen LogP contribution in [0.4, 0.5) is 0 Å². The average molecular weight is 244 g/mol. The second kappa shape index (κ2) is 5.60. The van der Waals surface area contributed by atoms with E-state index in [-0.39, 0.29) is 8.31 Å². The summed E-state index contributed by atoms with van der Waals surface area (Å²) in [5.74, 6) is 0. The minimum Gasteiger partial charge on any atom is -0.350 e. The van der Waals surface area contributed by atoms with E-state index >= 15 is 0 Å². The molecule has 0 amide bonds. The molecule has 1 N–H and O–H groups in total. The molecule has 2 nitrogen and oxygen atoms in total. The molecule has 0 atom stereocenters. The fourth-order valence-corrected chi connectivity index (χ4v) is 7.39. The standard InChI is InChI=1S/C9H23N2Si3/c1-13(2)14(3,4)10-12-11-8-6-5-7-9-11/h10H,5-9H2,1-4H3. The van der Waals surface area contributed by atoms with Crippen LogP contribution < -0.4 is 4.65 Å². The molecule has 1 fully saturated rings. The van der Waals surface area contributed by atoms with Gasteiger partial charge in [0.25, 0.3) is 0 Å². The normalized spacial score (nSPS) is 20.4. The molecule has 1 saturated heterocycles. The Morgan fingerprint density at radius 1 is 1.14 bits per heavy atom. The van der Waals surface area contributed by atoms with Gasteiger partial charge >= 0.3 is 0 Å². The quantitative estimate of drug-likeness (QED) is 0.755. The maximum absolute atomic E-state index is 3.87. The molecule has 0 aromatic carbocycles. The van der Waals surface area contributed by atoms with Crippen LogP contribution in [0.3, 0.4) is 0 Å². The Morgan fingerprint density at radius 3 is 2.21 bits per heavy atom. The van der Waals surface area contributed by atoms with Crippen molar-refractivity contribution in [2.45, 2.75) is 45.5 Å². The van der Waals surface area contributed by atoms with Crippen molar-refractivity contribution >= 4 is 25.9 Å². The number of nitrogens with one attached hydrogen (secondary N) is 1. The molecule has 5 heteroatoms. The minimum absolute atomic E-state index is 0.103. The Morgan fingerprint density at radius 2 is 1.71 bits per heavy atom. The topological polar surface area (TPSA) is 15.3 Å². The molecule has 1 aliphatic rings. The fourth-order valence-electron chi connectivity index (χ4n) is 1.35. The van der Waals surface area contributed by atoms with Crippen LogP contribution >= 0.6 is 0 Å². The SMILES string of the molecule is C[Si](C)[Si](C)(C)N[Si]N1CCCCC1. The molecule has 0 aliphatic carbocycles. The third kappa shape index (κ3) is 3.98. The van der Waals surface area contributed by atoms with Gasteiger partial charge in [0.1, 0.15) is 7.75 Å². The van der Waals surface area contributed by atoms with Gasteiger partial charge in [-0.1, -0.05) is 32.6 Å². The van der Waals surface area contributed by atoms with Crippen LogP contribution in [-0.2, 0) is 0 Å². The zero-order valence-electron chi connectivity index (χ0n) is 9.98. The molecule has 0 bridgehead atoms. The molecule has 1 rings (SSSR count). The first-order chi connectivity index (χ1) is 6.52. The monoisotopic (exact) mass is 243 g/mol. The number of hydrogen-bond donors (Lipinski definition) is 1. The summed E-state index contributed by atoms with van der Waals surface area (Å²) >= 11 is 0. The molecule has 3 radical (unpaired) electrons. The average Bonchev–Trinajstić information content (AvgIpc) is 2.16. The first kappa shape index (κ1) is 12.6. The van der Waals surface area contributed by atoms with Crippen molar-refractivity contribution in [2.24, 2.45) is 0 Å². The van der Waals surface area contributed by atoms with Gasteiger partial charge in [-0.25, -0.2) is 0 Å². The van der Waals surface area contributed by atoms with E-state index in [1.54, 1.807) is 0 Å². The van der Waals surface area contributed by atoms with Crippen molar-refractivity contribution in [3.8, 4) is 0 Å². The van der Waals surface area contributed by atoms with Gasteiger partial charge in [-0.15, -0.1) is 0 Å². The molecule has 1 aliphatic heterocycles. The molecule has 81 valence electrons. The second-order valence-electron chi connectivity index (χ2n) is 4.91. The Bertz CT molecular complexity index is 167. The summed E-state index contributed by atoms with van der Waals surface area (Å²) in [5, 5.41) is 0. The lowest BCUT2D eigenvalue weighted by Gasteiger charge is -2.32. The Labute approximate surface area is 93.9 Å². The molecule has 0 aromatic rings. The highest BCUT2D eigenvalue weighted by atomic mass is 29.2. The third-order valence-electron chi connectivity index (χ3n) is 3.13. The zero-order valence-corrected chi connectivity index (χ0v) is 13.0. The van der Waals surface area contributed by atoms with Crippen molar-refractivity contribution in [3.05, 3.63) is 0 Å². The minimum atomic E-state index is -1.04. The fraction of sp³-hybridized carbons (Fsp3) is 1.00. The molecular formula is C9H23N2Si3. The van der Waals surface area contributed by atoms with E-state index in [2.05, 4.69) is 35.4 Å². The van der Waals surface area contributed by atoms with Gasteiger partial charge in [-0.05, 0) is 25.9 Å². The second-order valence-corrected chi connectivity index (χ2v) is 18.8. The molecule has 0 aromatic heterocycles. The first-order valence-corrected chi connectivity index (χ1v) is 13.1. The summed E-state index contributed by atoms with van der Waals surface area (Å²) in [6.45, 7) is 12.5. The van der Waals surface area contributed by atoms with E-state index in [1.165, 1.54) is 32.4 Å². The molecule has 1 heterocycles. The zero-order chi connectivity index (χ0) is 10.6. The van der Waals surface area contributed by atoms with E-state index < -0.39 is 7.75 Å². The molecule has 0 saturated carbocycles. The van der Waals surface area contributed by atoms with Crippen molar-refractivity contribution < 1.29 is 0 Å². The van der Waals surface area contributed by atoms with Gasteiger partial charge in [-0.3, -0.25) is 0 Å². The smallest absolute Gasteiger partial charge is 0.240 e. The highest BCUT2D eigenvalue weighted by molar-refractivity contribution is 7.31. The number of rotatable bonds is 4. The lowest BCUT2D eigenvalue weighted by atomic mass is 10.2. The van der Waals surface area contributed by atoms with E-state index in [4.69, 9.17) is 0 Å². The van der Waals surface area contributed by atoms with Gasteiger partial charge in [0, 0.05) is 0 Å². The van der Waals surface area contributed by atoms with Crippen LogP contribution in [0.2, 0.25) is 26.2 Å². The summed E-state index contributed by atoms with van der Waals surface area (Å²) in [5.41, 5.74) is 0. The first-order valence-electron chi connectivity index (χ1n) is 5.61. The van der Waals surface area contributed by atoms with Gasteiger partial charge in [0.15, 0.2) is 0 Å². The van der Waals surface area contributed by atoms with E-state index in [1.807, 2.05) is 0 Å². The summed E-state index contributed by atoms with van der Waals surface area (Å²) < 4.78 is 6.48. The number of hydrogen-bond acceptors (Lipinski definition) is 2. The van der Waals surface area contributed by atoms with Crippen LogP contribution in [0.5, 0.6) is 0 Å². The lowest BCUT2D eigenvalue weighted by Crippen LogP contribution is -2.60. The van der Waals surface area contributed by atoms with Gasteiger partial charge in [0.2, 0.25) is 9.84 Å².